The van der Waals surface area contributed by atoms with Gasteiger partial charge in [0, 0.05) is 10.6 Å². The molecule has 0 aliphatic heterocycles. The fourth-order valence-corrected chi connectivity index (χ4v) is 1.92. The van der Waals surface area contributed by atoms with Crippen LogP contribution in [0.4, 0.5) is 0 Å². The first kappa shape index (κ1) is 12.7. The molecular formula is C15H13ClO2. The van der Waals surface area contributed by atoms with Gasteiger partial charge < -0.3 is 4.74 Å². The molecule has 18 heavy (non-hydrogen) atoms. The highest BCUT2D eigenvalue weighted by Gasteiger charge is 2.04. The van der Waals surface area contributed by atoms with Crippen molar-refractivity contribution in [1.82, 2.24) is 0 Å². The highest BCUT2D eigenvalue weighted by Crippen LogP contribution is 2.21. The topological polar surface area (TPSA) is 26.3 Å². The number of halogens is 1. The Morgan fingerprint density at radius 1 is 1.22 bits per heavy atom. The second kappa shape index (κ2) is 5.69. The third-order valence-corrected chi connectivity index (χ3v) is 2.99. The largest absolute Gasteiger partial charge is 0.488 e. The van der Waals surface area contributed by atoms with Crippen LogP contribution in [0.5, 0.6) is 5.75 Å². The van der Waals surface area contributed by atoms with E-state index in [-0.39, 0.29) is 0 Å². The van der Waals surface area contributed by atoms with E-state index in [1.54, 1.807) is 18.2 Å². The van der Waals surface area contributed by atoms with Gasteiger partial charge in [-0.25, -0.2) is 0 Å². The number of para-hydroxylation sites is 1. The van der Waals surface area contributed by atoms with Gasteiger partial charge in [-0.05, 0) is 30.7 Å². The smallest absolute Gasteiger partial charge is 0.153 e. The number of carbonyl (C=O) groups is 1. The predicted octanol–water partition coefficient (Wildman–Crippen LogP) is 4.04. The maximum Gasteiger partial charge on any atom is 0.153 e. The van der Waals surface area contributed by atoms with Crippen LogP contribution in [0.1, 0.15) is 21.5 Å². The van der Waals surface area contributed by atoms with Gasteiger partial charge in [0.1, 0.15) is 12.4 Å². The van der Waals surface area contributed by atoms with E-state index in [1.165, 1.54) is 0 Å². The molecule has 3 heteroatoms. The first-order chi connectivity index (χ1) is 8.70. The van der Waals surface area contributed by atoms with Crippen molar-refractivity contribution >= 4 is 17.9 Å². The number of rotatable bonds is 4. The lowest BCUT2D eigenvalue weighted by atomic mass is 10.1. The van der Waals surface area contributed by atoms with Crippen molar-refractivity contribution in [3.8, 4) is 5.75 Å². The molecule has 0 aliphatic carbocycles. The van der Waals surface area contributed by atoms with Gasteiger partial charge >= 0.3 is 0 Å². The molecule has 0 unspecified atom stereocenters. The van der Waals surface area contributed by atoms with Crippen LogP contribution in [-0.2, 0) is 6.61 Å². The fraction of sp³-hybridized carbons (Fsp3) is 0.133. The van der Waals surface area contributed by atoms with Gasteiger partial charge in [-0.2, -0.15) is 0 Å². The zero-order chi connectivity index (χ0) is 13.0. The number of aldehydes is 1. The van der Waals surface area contributed by atoms with Gasteiger partial charge in [0.25, 0.3) is 0 Å². The summed E-state index contributed by atoms with van der Waals surface area (Å²) in [6.07, 6.45) is 0.784. The highest BCUT2D eigenvalue weighted by atomic mass is 35.5. The standard InChI is InChI=1S/C15H13ClO2/c1-11-6-7-13(14(16)8-11)10-18-15-5-3-2-4-12(15)9-17/h2-9H,10H2,1H3. The van der Waals surface area contributed by atoms with Gasteiger partial charge in [0.2, 0.25) is 0 Å². The van der Waals surface area contributed by atoms with E-state index in [2.05, 4.69) is 0 Å². The molecule has 0 radical (unpaired) electrons. The van der Waals surface area contributed by atoms with Crippen LogP contribution in [0.25, 0.3) is 0 Å². The number of carbonyl (C=O) groups excluding carboxylic acids is 1. The van der Waals surface area contributed by atoms with E-state index in [0.29, 0.717) is 22.9 Å². The fourth-order valence-electron chi connectivity index (χ4n) is 1.63. The first-order valence-electron chi connectivity index (χ1n) is 5.63. The van der Waals surface area contributed by atoms with E-state index in [0.717, 1.165) is 17.4 Å². The molecule has 0 fully saturated rings. The Labute approximate surface area is 111 Å². The first-order valence-corrected chi connectivity index (χ1v) is 6.00. The summed E-state index contributed by atoms with van der Waals surface area (Å²) in [5.41, 5.74) is 2.56. The van der Waals surface area contributed by atoms with Crippen molar-refractivity contribution < 1.29 is 9.53 Å². The third-order valence-electron chi connectivity index (χ3n) is 2.64. The summed E-state index contributed by atoms with van der Waals surface area (Å²) in [6.45, 7) is 2.34. The van der Waals surface area contributed by atoms with Crippen LogP contribution in [0.2, 0.25) is 5.02 Å². The third kappa shape index (κ3) is 2.90. The normalized spacial score (nSPS) is 10.1. The summed E-state index contributed by atoms with van der Waals surface area (Å²) in [5, 5.41) is 0.679. The lowest BCUT2D eigenvalue weighted by molar-refractivity contribution is 0.111. The zero-order valence-corrected chi connectivity index (χ0v) is 10.8. The summed E-state index contributed by atoms with van der Waals surface area (Å²) in [5.74, 6) is 0.573. The molecule has 92 valence electrons. The Hall–Kier alpha value is -1.80. The summed E-state index contributed by atoms with van der Waals surface area (Å²) >= 11 is 6.12. The van der Waals surface area contributed by atoms with E-state index >= 15 is 0 Å². The molecule has 0 aromatic heterocycles. The van der Waals surface area contributed by atoms with Crippen molar-refractivity contribution in [2.75, 3.05) is 0 Å². The SMILES string of the molecule is Cc1ccc(COc2ccccc2C=O)c(Cl)c1. The predicted molar refractivity (Wildman–Crippen MR) is 72.4 cm³/mol. The molecule has 0 amide bonds. The Morgan fingerprint density at radius 2 is 2.00 bits per heavy atom. The molecule has 2 aromatic rings. The Bertz CT molecular complexity index is 564. The summed E-state index contributed by atoms with van der Waals surface area (Å²) in [6, 6.07) is 12.9. The van der Waals surface area contributed by atoms with Gasteiger partial charge in [-0.1, -0.05) is 35.9 Å². The lowest BCUT2D eigenvalue weighted by Crippen LogP contribution is -1.99. The molecule has 0 bridgehead atoms. The number of hydrogen-bond acceptors (Lipinski definition) is 2. The van der Waals surface area contributed by atoms with Gasteiger partial charge in [0.15, 0.2) is 6.29 Å². The second-order valence-electron chi connectivity index (χ2n) is 4.04. The molecule has 0 saturated carbocycles. The minimum absolute atomic E-state index is 0.351. The van der Waals surface area contributed by atoms with Gasteiger partial charge in [-0.15, -0.1) is 0 Å². The average Bonchev–Trinajstić information content (AvgIpc) is 2.38. The minimum Gasteiger partial charge on any atom is -0.488 e. The van der Waals surface area contributed by atoms with Crippen LogP contribution in [-0.4, -0.2) is 6.29 Å². The second-order valence-corrected chi connectivity index (χ2v) is 4.45. The van der Waals surface area contributed by atoms with Crippen molar-refractivity contribution in [3.63, 3.8) is 0 Å². The minimum atomic E-state index is 0.351. The molecule has 0 saturated heterocycles. The monoisotopic (exact) mass is 260 g/mol. The quantitative estimate of drug-likeness (QED) is 0.776. The maximum absolute atomic E-state index is 10.8. The van der Waals surface area contributed by atoms with Gasteiger partial charge in [0.05, 0.1) is 5.56 Å². The number of hydrogen-bond donors (Lipinski definition) is 0. The van der Waals surface area contributed by atoms with E-state index in [4.69, 9.17) is 16.3 Å². The van der Waals surface area contributed by atoms with Crippen LogP contribution in [0, 0.1) is 6.92 Å². The zero-order valence-electron chi connectivity index (χ0n) is 10.0. The molecule has 2 rings (SSSR count). The molecule has 0 spiro atoms. The van der Waals surface area contributed by atoms with Crippen molar-refractivity contribution in [3.05, 3.63) is 64.2 Å². The van der Waals surface area contributed by atoms with Crippen molar-refractivity contribution in [2.45, 2.75) is 13.5 Å². The summed E-state index contributed by atoms with van der Waals surface area (Å²) in [4.78, 5) is 10.8. The molecule has 0 atom stereocenters. The van der Waals surface area contributed by atoms with E-state index in [9.17, 15) is 4.79 Å². The molecule has 2 aromatic carbocycles. The van der Waals surface area contributed by atoms with E-state index in [1.807, 2.05) is 31.2 Å². The Kier molecular flexibility index (Phi) is 4.00. The molecule has 0 N–H and O–H groups in total. The lowest BCUT2D eigenvalue weighted by Gasteiger charge is -2.09. The van der Waals surface area contributed by atoms with Crippen molar-refractivity contribution in [2.24, 2.45) is 0 Å². The Balaban J connectivity index is 2.14. The van der Waals surface area contributed by atoms with Crippen LogP contribution >= 0.6 is 11.6 Å². The van der Waals surface area contributed by atoms with E-state index < -0.39 is 0 Å². The molecular weight excluding hydrogens is 248 g/mol. The van der Waals surface area contributed by atoms with Crippen LogP contribution in [0.3, 0.4) is 0 Å². The Morgan fingerprint density at radius 3 is 2.72 bits per heavy atom. The molecule has 2 nitrogen and oxygen atoms in total. The summed E-state index contributed by atoms with van der Waals surface area (Å²) in [7, 11) is 0. The number of benzene rings is 2. The number of aryl methyl sites for hydroxylation is 1. The van der Waals surface area contributed by atoms with Crippen molar-refractivity contribution in [1.29, 1.82) is 0 Å². The molecule has 0 heterocycles. The number of ether oxygens (including phenoxy) is 1. The average molecular weight is 261 g/mol. The van der Waals surface area contributed by atoms with Crippen LogP contribution in [0.15, 0.2) is 42.5 Å². The highest BCUT2D eigenvalue weighted by molar-refractivity contribution is 6.31. The van der Waals surface area contributed by atoms with Crippen LogP contribution < -0.4 is 4.74 Å². The summed E-state index contributed by atoms with van der Waals surface area (Å²) < 4.78 is 5.62. The van der Waals surface area contributed by atoms with Gasteiger partial charge in [-0.3, -0.25) is 4.79 Å². The molecule has 0 aliphatic rings. The maximum atomic E-state index is 10.8.